The van der Waals surface area contributed by atoms with Gasteiger partial charge in [-0.1, -0.05) is 36.4 Å². The predicted molar refractivity (Wildman–Crippen MR) is 92.8 cm³/mol. The molecule has 1 fully saturated rings. The summed E-state index contributed by atoms with van der Waals surface area (Å²) in [6.45, 7) is 0. The summed E-state index contributed by atoms with van der Waals surface area (Å²) >= 11 is 0. The Labute approximate surface area is 138 Å². The van der Waals surface area contributed by atoms with E-state index in [0.717, 1.165) is 16.0 Å². The maximum absolute atomic E-state index is 13.2. The van der Waals surface area contributed by atoms with E-state index in [-0.39, 0.29) is 11.2 Å². The summed E-state index contributed by atoms with van der Waals surface area (Å²) < 4.78 is 24.8. The number of hydrogen-bond acceptors (Lipinski definition) is 1. The van der Waals surface area contributed by atoms with Crippen LogP contribution in [0.5, 0.6) is 0 Å². The van der Waals surface area contributed by atoms with Crippen molar-refractivity contribution in [2.75, 3.05) is 6.26 Å². The van der Waals surface area contributed by atoms with Crippen LogP contribution in [0.15, 0.2) is 65.6 Å². The number of benzene rings is 2. The van der Waals surface area contributed by atoms with Crippen molar-refractivity contribution in [3.63, 3.8) is 0 Å². The largest absolute Gasteiger partial charge is 0.255 e. The van der Waals surface area contributed by atoms with E-state index < -0.39 is 10.8 Å². The molecule has 0 amide bonds. The summed E-state index contributed by atoms with van der Waals surface area (Å²) in [6, 6.07) is 14.6. The summed E-state index contributed by atoms with van der Waals surface area (Å²) in [4.78, 5) is 0.834. The Morgan fingerprint density at radius 1 is 0.870 bits per heavy atom. The van der Waals surface area contributed by atoms with Gasteiger partial charge in [0.1, 0.15) is 5.82 Å². The van der Waals surface area contributed by atoms with E-state index in [4.69, 9.17) is 0 Å². The second-order valence-electron chi connectivity index (χ2n) is 6.33. The maximum Gasteiger partial charge on any atom is 0.123 e. The topological polar surface area (TPSA) is 17.1 Å². The van der Waals surface area contributed by atoms with E-state index in [2.05, 4.69) is 12.2 Å². The summed E-state index contributed by atoms with van der Waals surface area (Å²) in [7, 11) is -0.965. The van der Waals surface area contributed by atoms with Gasteiger partial charge >= 0.3 is 0 Å². The van der Waals surface area contributed by atoms with Gasteiger partial charge in [0.05, 0.1) is 0 Å². The Kier molecular flexibility index (Phi) is 3.34. The van der Waals surface area contributed by atoms with E-state index in [0.29, 0.717) is 0 Å². The first-order chi connectivity index (χ1) is 11.1. The molecule has 0 saturated heterocycles. The van der Waals surface area contributed by atoms with Crippen LogP contribution in [-0.2, 0) is 10.8 Å². The molecule has 1 spiro atoms. The lowest BCUT2D eigenvalue weighted by Crippen LogP contribution is -1.91. The standard InChI is InChI=1S/C20H17FOS/c1-23(22)17-8-4-15(5-9-17)19-13-20(10-11-20)12-18(19)14-2-6-16(21)7-3-14/h2-9,12-13H,10-11H2,1H3. The lowest BCUT2D eigenvalue weighted by Gasteiger charge is -2.10. The number of halogens is 1. The van der Waals surface area contributed by atoms with Gasteiger partial charge in [-0.2, -0.15) is 0 Å². The molecule has 4 rings (SSSR count). The van der Waals surface area contributed by atoms with Gasteiger partial charge < -0.3 is 0 Å². The van der Waals surface area contributed by atoms with Crippen LogP contribution in [0.25, 0.3) is 11.1 Å². The van der Waals surface area contributed by atoms with Crippen molar-refractivity contribution >= 4 is 21.9 Å². The van der Waals surface area contributed by atoms with E-state index in [1.165, 1.54) is 36.1 Å². The Balaban J connectivity index is 1.75. The second-order valence-corrected chi connectivity index (χ2v) is 7.71. The van der Waals surface area contributed by atoms with Crippen LogP contribution in [0.2, 0.25) is 0 Å². The Morgan fingerprint density at radius 2 is 1.35 bits per heavy atom. The fourth-order valence-electron chi connectivity index (χ4n) is 3.14. The summed E-state index contributed by atoms with van der Waals surface area (Å²) in [5, 5.41) is 0. The minimum Gasteiger partial charge on any atom is -0.255 e. The monoisotopic (exact) mass is 324 g/mol. The predicted octanol–water partition coefficient (Wildman–Crippen LogP) is 4.82. The van der Waals surface area contributed by atoms with Gasteiger partial charge in [-0.15, -0.1) is 0 Å². The molecule has 1 nitrogen and oxygen atoms in total. The number of hydrogen-bond donors (Lipinski definition) is 0. The normalized spacial score (nSPS) is 19.4. The van der Waals surface area contributed by atoms with Crippen molar-refractivity contribution in [1.29, 1.82) is 0 Å². The molecule has 1 atom stereocenters. The third kappa shape index (κ3) is 2.70. The Morgan fingerprint density at radius 3 is 1.78 bits per heavy atom. The fourth-order valence-corrected chi connectivity index (χ4v) is 3.66. The smallest absolute Gasteiger partial charge is 0.123 e. The highest BCUT2D eigenvalue weighted by atomic mass is 32.2. The van der Waals surface area contributed by atoms with Crippen molar-refractivity contribution in [3.8, 4) is 0 Å². The highest BCUT2D eigenvalue weighted by Crippen LogP contribution is 2.57. The highest BCUT2D eigenvalue weighted by Gasteiger charge is 2.43. The first-order valence-corrected chi connectivity index (χ1v) is 9.28. The zero-order valence-corrected chi connectivity index (χ0v) is 13.7. The van der Waals surface area contributed by atoms with Gasteiger partial charge in [-0.25, -0.2) is 4.39 Å². The first kappa shape index (κ1) is 14.6. The molecule has 0 radical (unpaired) electrons. The molecule has 2 aliphatic rings. The second kappa shape index (κ2) is 5.27. The van der Waals surface area contributed by atoms with Gasteiger partial charge in [-0.3, -0.25) is 4.21 Å². The van der Waals surface area contributed by atoms with Crippen molar-refractivity contribution in [3.05, 3.63) is 77.6 Å². The van der Waals surface area contributed by atoms with Gasteiger partial charge in [0, 0.05) is 27.4 Å². The molecule has 0 N–H and O–H groups in total. The number of rotatable bonds is 3. The molecule has 2 aromatic rings. The molecular formula is C20H17FOS. The van der Waals surface area contributed by atoms with Gasteiger partial charge in [-0.05, 0) is 59.4 Å². The third-order valence-corrected chi connectivity index (χ3v) is 5.57. The van der Waals surface area contributed by atoms with Gasteiger partial charge in [0.25, 0.3) is 0 Å². The Hall–Kier alpha value is -2.00. The molecule has 116 valence electrons. The molecule has 2 aromatic carbocycles. The van der Waals surface area contributed by atoms with Crippen LogP contribution in [0.1, 0.15) is 24.0 Å². The maximum atomic E-state index is 13.2. The Bertz CT molecular complexity index is 840. The summed E-state index contributed by atoms with van der Waals surface area (Å²) in [5.74, 6) is -0.214. The quantitative estimate of drug-likeness (QED) is 0.791. The first-order valence-electron chi connectivity index (χ1n) is 7.72. The van der Waals surface area contributed by atoms with E-state index >= 15 is 0 Å². The molecule has 23 heavy (non-hydrogen) atoms. The summed E-state index contributed by atoms with van der Waals surface area (Å²) in [5.41, 5.74) is 4.74. The van der Waals surface area contributed by atoms with E-state index in [9.17, 15) is 8.60 Å². The zero-order chi connectivity index (χ0) is 16.0. The molecule has 3 heteroatoms. The zero-order valence-electron chi connectivity index (χ0n) is 12.9. The molecular weight excluding hydrogens is 307 g/mol. The SMILES string of the molecule is CS(=O)c1ccc(C2=CC3(C=C2c2ccc(F)cc2)CC3)cc1. The third-order valence-electron chi connectivity index (χ3n) is 4.63. The number of allylic oxidation sites excluding steroid dienone is 4. The molecule has 1 saturated carbocycles. The lowest BCUT2D eigenvalue weighted by molar-refractivity contribution is 0.627. The molecule has 2 aliphatic carbocycles. The van der Waals surface area contributed by atoms with Crippen LogP contribution in [0.3, 0.4) is 0 Å². The molecule has 0 aromatic heterocycles. The minimum absolute atomic E-state index is 0.200. The van der Waals surface area contributed by atoms with Crippen LogP contribution < -0.4 is 0 Å². The summed E-state index contributed by atoms with van der Waals surface area (Å²) in [6.07, 6.45) is 8.70. The fraction of sp³-hybridized carbons (Fsp3) is 0.200. The van der Waals surface area contributed by atoms with Crippen molar-refractivity contribution in [2.24, 2.45) is 5.41 Å². The lowest BCUT2D eigenvalue weighted by atomic mass is 9.95. The molecule has 0 bridgehead atoms. The van der Waals surface area contributed by atoms with Crippen LogP contribution in [0, 0.1) is 11.2 Å². The van der Waals surface area contributed by atoms with Crippen molar-refractivity contribution < 1.29 is 8.60 Å². The van der Waals surface area contributed by atoms with Gasteiger partial charge in [0.2, 0.25) is 0 Å². The van der Waals surface area contributed by atoms with Crippen LogP contribution in [-0.4, -0.2) is 10.5 Å². The van der Waals surface area contributed by atoms with Crippen molar-refractivity contribution in [2.45, 2.75) is 17.7 Å². The van der Waals surface area contributed by atoms with Crippen molar-refractivity contribution in [1.82, 2.24) is 0 Å². The van der Waals surface area contributed by atoms with Crippen LogP contribution in [0.4, 0.5) is 4.39 Å². The minimum atomic E-state index is -0.965. The molecule has 0 heterocycles. The van der Waals surface area contributed by atoms with Gasteiger partial charge in [0.15, 0.2) is 0 Å². The average Bonchev–Trinajstić information content (AvgIpc) is 3.20. The molecule has 1 unspecified atom stereocenters. The van der Waals surface area contributed by atoms with Crippen LogP contribution >= 0.6 is 0 Å². The molecule has 0 aliphatic heterocycles. The highest BCUT2D eigenvalue weighted by molar-refractivity contribution is 7.84. The van der Waals surface area contributed by atoms with E-state index in [1.807, 2.05) is 36.4 Å². The van der Waals surface area contributed by atoms with E-state index in [1.54, 1.807) is 6.26 Å². The average molecular weight is 324 g/mol.